The lowest BCUT2D eigenvalue weighted by Crippen LogP contribution is -2.33. The van der Waals surface area contributed by atoms with Gasteiger partial charge in [0.05, 0.1) is 22.9 Å². The van der Waals surface area contributed by atoms with E-state index in [9.17, 15) is 17.6 Å². The van der Waals surface area contributed by atoms with Crippen LogP contribution in [0.25, 0.3) is 5.65 Å². The number of halogens is 2. The summed E-state index contributed by atoms with van der Waals surface area (Å²) in [6, 6.07) is 3.99. The van der Waals surface area contributed by atoms with E-state index >= 15 is 0 Å². The monoisotopic (exact) mass is 491 g/mol. The minimum Gasteiger partial charge on any atom is -0.374 e. The fourth-order valence-electron chi connectivity index (χ4n) is 3.58. The molecule has 0 aliphatic heterocycles. The van der Waals surface area contributed by atoms with Crippen LogP contribution in [0.4, 0.5) is 10.1 Å². The molecule has 0 saturated heterocycles. The molecule has 33 heavy (non-hydrogen) atoms. The van der Waals surface area contributed by atoms with Gasteiger partial charge in [0.15, 0.2) is 15.5 Å². The first-order valence-electron chi connectivity index (χ1n) is 10.4. The average Bonchev–Trinajstić information content (AvgIpc) is 3.47. The third-order valence-corrected chi connectivity index (χ3v) is 6.37. The van der Waals surface area contributed by atoms with Gasteiger partial charge in [-0.25, -0.2) is 22.8 Å². The van der Waals surface area contributed by atoms with E-state index in [1.165, 1.54) is 18.3 Å². The number of imidazole rings is 1. The van der Waals surface area contributed by atoms with Crippen molar-refractivity contribution in [1.29, 1.82) is 0 Å². The smallest absolute Gasteiger partial charge is 0.288 e. The zero-order valence-corrected chi connectivity index (χ0v) is 19.6. The van der Waals surface area contributed by atoms with E-state index in [0.717, 1.165) is 24.5 Å². The van der Waals surface area contributed by atoms with Gasteiger partial charge >= 0.3 is 0 Å². The number of sulfone groups is 1. The molecular weight excluding hydrogens is 469 g/mol. The second kappa shape index (κ2) is 9.11. The third-order valence-electron chi connectivity index (χ3n) is 5.32. The zero-order valence-electron chi connectivity index (χ0n) is 18.0. The maximum atomic E-state index is 14.1. The van der Waals surface area contributed by atoms with Gasteiger partial charge in [-0.3, -0.25) is 9.20 Å². The summed E-state index contributed by atoms with van der Waals surface area (Å²) in [7, 11) is -3.30. The van der Waals surface area contributed by atoms with E-state index in [2.05, 4.69) is 20.6 Å². The fraction of sp³-hybridized carbons (Fsp3) is 0.318. The summed E-state index contributed by atoms with van der Waals surface area (Å²) in [6.07, 6.45) is 9.11. The summed E-state index contributed by atoms with van der Waals surface area (Å²) in [4.78, 5) is 21.4. The zero-order chi connectivity index (χ0) is 23.8. The molecule has 1 aliphatic rings. The van der Waals surface area contributed by atoms with Crippen molar-refractivity contribution in [1.82, 2.24) is 19.7 Å². The van der Waals surface area contributed by atoms with E-state index in [1.807, 2.05) is 0 Å². The quantitative estimate of drug-likeness (QED) is 0.497. The molecule has 2 atom stereocenters. The lowest BCUT2D eigenvalue weighted by Gasteiger charge is -2.22. The number of carbonyl (C=O) groups excluding carboxylic acids is 1. The first kappa shape index (κ1) is 23.2. The van der Waals surface area contributed by atoms with Gasteiger partial charge in [0.2, 0.25) is 5.82 Å². The van der Waals surface area contributed by atoms with Crippen molar-refractivity contribution in [3.8, 4) is 0 Å². The number of rotatable bonds is 8. The number of hydrogen-bond donors (Lipinski definition) is 2. The third kappa shape index (κ3) is 5.33. The number of benzene rings is 1. The number of amides is 1. The van der Waals surface area contributed by atoms with Gasteiger partial charge in [-0.15, -0.1) is 0 Å². The molecule has 2 aromatic heterocycles. The number of carbonyl (C=O) groups is 1. The van der Waals surface area contributed by atoms with Crippen LogP contribution in [0, 0.1) is 11.7 Å². The number of fused-ring (bicyclic) bond motifs is 1. The fourth-order valence-corrected chi connectivity index (χ4v) is 4.34. The van der Waals surface area contributed by atoms with Gasteiger partial charge in [-0.1, -0.05) is 29.8 Å². The summed E-state index contributed by atoms with van der Waals surface area (Å²) in [6.45, 7) is 1.66. The Morgan fingerprint density at radius 2 is 2.09 bits per heavy atom. The topological polar surface area (TPSA) is 105 Å². The highest BCUT2D eigenvalue weighted by Crippen LogP contribution is 2.45. The van der Waals surface area contributed by atoms with Crippen molar-refractivity contribution in [3.63, 3.8) is 0 Å². The van der Waals surface area contributed by atoms with Crippen molar-refractivity contribution in [2.24, 2.45) is 5.92 Å². The number of nitrogens with one attached hydrogen (secondary N) is 2. The van der Waals surface area contributed by atoms with Crippen molar-refractivity contribution < 1.29 is 17.6 Å². The van der Waals surface area contributed by atoms with Crippen LogP contribution >= 0.6 is 11.6 Å². The molecule has 0 bridgehead atoms. The lowest BCUT2D eigenvalue weighted by molar-refractivity contribution is 0.0935. The molecule has 11 heteroatoms. The van der Waals surface area contributed by atoms with Gasteiger partial charge in [-0.2, -0.15) is 0 Å². The van der Waals surface area contributed by atoms with E-state index in [1.54, 1.807) is 35.9 Å². The Balaban J connectivity index is 1.60. The summed E-state index contributed by atoms with van der Waals surface area (Å²) < 4.78 is 38.2. The van der Waals surface area contributed by atoms with Crippen LogP contribution in [0.3, 0.4) is 0 Å². The van der Waals surface area contributed by atoms with Gasteiger partial charge in [-0.05, 0) is 37.3 Å². The summed E-state index contributed by atoms with van der Waals surface area (Å²) in [5, 5.41) is 7.22. The minimum absolute atomic E-state index is 0.0846. The molecule has 4 rings (SSSR count). The Hall–Kier alpha value is -2.98. The van der Waals surface area contributed by atoms with Crippen LogP contribution in [0.1, 0.15) is 42.0 Å². The van der Waals surface area contributed by atoms with E-state index < -0.39 is 27.6 Å². The van der Waals surface area contributed by atoms with Crippen LogP contribution in [0.5, 0.6) is 0 Å². The molecule has 1 fully saturated rings. The molecule has 2 heterocycles. The first-order valence-corrected chi connectivity index (χ1v) is 12.7. The van der Waals surface area contributed by atoms with Gasteiger partial charge in [0.1, 0.15) is 5.82 Å². The maximum absolute atomic E-state index is 14.1. The van der Waals surface area contributed by atoms with E-state index in [0.29, 0.717) is 22.8 Å². The van der Waals surface area contributed by atoms with Gasteiger partial charge in [0, 0.05) is 30.1 Å². The Morgan fingerprint density at radius 1 is 1.33 bits per heavy atom. The van der Waals surface area contributed by atoms with Crippen LogP contribution < -0.4 is 10.6 Å². The van der Waals surface area contributed by atoms with Crippen molar-refractivity contribution >= 4 is 38.7 Å². The summed E-state index contributed by atoms with van der Waals surface area (Å²) in [5.41, 5.74) is 1.73. The van der Waals surface area contributed by atoms with Gasteiger partial charge < -0.3 is 10.6 Å². The molecule has 1 aromatic carbocycles. The number of aromatic nitrogens is 3. The van der Waals surface area contributed by atoms with Crippen molar-refractivity contribution in [2.75, 3.05) is 11.6 Å². The van der Waals surface area contributed by atoms with E-state index in [-0.39, 0.29) is 16.9 Å². The molecule has 2 N–H and O–H groups in total. The highest BCUT2D eigenvalue weighted by molar-refractivity contribution is 7.93. The molecule has 1 amide bonds. The average molecular weight is 492 g/mol. The predicted octanol–water partition coefficient (Wildman–Crippen LogP) is 3.76. The highest BCUT2D eigenvalue weighted by Gasteiger charge is 2.34. The van der Waals surface area contributed by atoms with Crippen molar-refractivity contribution in [2.45, 2.75) is 31.8 Å². The standard InChI is InChI=1S/C22H23ClFN5O3S/c1-13(8-11-33(2,31)32)27-22(30)21-26-12-17(20-25-9-10-29(20)21)28-19(14-6-7-14)15-4-3-5-16(24)18(15)23/h3-5,8-14,19,28H,6-7H2,1-2H3,(H,27,30)/b11-8+/t13-,19?/m1/s1. The normalized spacial score (nSPS) is 16.1. The van der Waals surface area contributed by atoms with Gasteiger partial charge in [0.25, 0.3) is 5.91 Å². The molecule has 1 unspecified atom stereocenters. The maximum Gasteiger partial charge on any atom is 0.288 e. The summed E-state index contributed by atoms with van der Waals surface area (Å²) >= 11 is 6.24. The number of nitrogens with zero attached hydrogens (tertiary/aromatic N) is 3. The summed E-state index contributed by atoms with van der Waals surface area (Å²) in [5.74, 6) is -0.567. The highest BCUT2D eigenvalue weighted by atomic mass is 35.5. The molecule has 0 spiro atoms. The Labute approximate surface area is 195 Å². The molecule has 8 nitrogen and oxygen atoms in total. The molecule has 3 aromatic rings. The van der Waals surface area contributed by atoms with E-state index in [4.69, 9.17) is 11.6 Å². The minimum atomic E-state index is -3.30. The largest absolute Gasteiger partial charge is 0.374 e. The predicted molar refractivity (Wildman–Crippen MR) is 124 cm³/mol. The second-order valence-corrected chi connectivity index (χ2v) is 10.4. The van der Waals surface area contributed by atoms with Crippen LogP contribution in [0.2, 0.25) is 5.02 Å². The molecule has 0 radical (unpaired) electrons. The Bertz CT molecular complexity index is 1340. The van der Waals surface area contributed by atoms with Crippen LogP contribution in [0.15, 0.2) is 48.3 Å². The molecule has 1 saturated carbocycles. The number of hydrogen-bond acceptors (Lipinski definition) is 6. The lowest BCUT2D eigenvalue weighted by atomic mass is 10.0. The molecule has 1 aliphatic carbocycles. The SMILES string of the molecule is C[C@H](/C=C/S(C)(=O)=O)NC(=O)c1ncc(NC(c2cccc(F)c2Cl)C2CC2)c2nccn12. The van der Waals surface area contributed by atoms with Crippen LogP contribution in [-0.4, -0.2) is 41.0 Å². The van der Waals surface area contributed by atoms with Crippen LogP contribution in [-0.2, 0) is 9.84 Å². The number of anilines is 1. The first-order chi connectivity index (χ1) is 15.6. The Morgan fingerprint density at radius 3 is 2.79 bits per heavy atom. The molecule has 174 valence electrons. The molecular formula is C22H23ClFN5O3S. The second-order valence-electron chi connectivity index (χ2n) is 8.14. The Kier molecular flexibility index (Phi) is 6.40. The van der Waals surface area contributed by atoms with Crippen molar-refractivity contribution in [3.05, 3.63) is 70.5 Å².